The van der Waals surface area contributed by atoms with E-state index in [1.807, 2.05) is 0 Å². The van der Waals surface area contributed by atoms with Crippen LogP contribution in [0.15, 0.2) is 12.1 Å². The molecule has 0 saturated carbocycles. The second-order valence-corrected chi connectivity index (χ2v) is 3.34. The molecule has 0 aliphatic carbocycles. The number of hydrogen-bond donors (Lipinski definition) is 2. The Kier molecular flexibility index (Phi) is 3.60. The second-order valence-electron chi connectivity index (χ2n) is 2.96. The normalized spacial score (nSPS) is 12.5. The third-order valence-electron chi connectivity index (χ3n) is 1.84. The van der Waals surface area contributed by atoms with Crippen LogP contribution >= 0.6 is 11.6 Å². The lowest BCUT2D eigenvalue weighted by molar-refractivity contribution is -0.137. The van der Waals surface area contributed by atoms with Gasteiger partial charge in [-0.2, -0.15) is 0 Å². The maximum Gasteiger partial charge on any atom is 0.305 e. The number of carbonyl (C=O) groups is 1. The van der Waals surface area contributed by atoms with Crippen LogP contribution in [0.25, 0.3) is 0 Å². The van der Waals surface area contributed by atoms with Crippen LogP contribution in [0.5, 0.6) is 0 Å². The highest BCUT2D eigenvalue weighted by Crippen LogP contribution is 2.28. The van der Waals surface area contributed by atoms with Crippen molar-refractivity contribution in [1.82, 2.24) is 0 Å². The molecule has 15 heavy (non-hydrogen) atoms. The average Bonchev–Trinajstić information content (AvgIpc) is 2.11. The van der Waals surface area contributed by atoms with Crippen molar-refractivity contribution in [3.63, 3.8) is 0 Å². The molecule has 0 spiro atoms. The summed E-state index contributed by atoms with van der Waals surface area (Å²) in [6.45, 7) is 0. The van der Waals surface area contributed by atoms with E-state index in [1.165, 1.54) is 0 Å². The molecule has 0 aliphatic rings. The maximum absolute atomic E-state index is 13.2. The van der Waals surface area contributed by atoms with E-state index in [9.17, 15) is 13.6 Å². The number of halogens is 3. The maximum atomic E-state index is 13.2. The molecule has 1 rings (SSSR count). The number of hydrogen-bond acceptors (Lipinski definition) is 2. The van der Waals surface area contributed by atoms with Gasteiger partial charge in [-0.1, -0.05) is 11.6 Å². The predicted molar refractivity (Wildman–Crippen MR) is 50.5 cm³/mol. The van der Waals surface area contributed by atoms with E-state index in [0.29, 0.717) is 0 Å². The van der Waals surface area contributed by atoms with Crippen LogP contribution in [0.2, 0.25) is 5.02 Å². The number of nitrogens with two attached hydrogens (primary N) is 1. The lowest BCUT2D eigenvalue weighted by Crippen LogP contribution is -2.17. The van der Waals surface area contributed by atoms with Crippen molar-refractivity contribution in [1.29, 1.82) is 0 Å². The molecule has 3 nitrogen and oxygen atoms in total. The van der Waals surface area contributed by atoms with E-state index in [-0.39, 0.29) is 5.56 Å². The minimum atomic E-state index is -1.21. The van der Waals surface area contributed by atoms with Crippen molar-refractivity contribution >= 4 is 17.6 Å². The number of benzene rings is 1. The molecular weight excluding hydrogens is 228 g/mol. The highest BCUT2D eigenvalue weighted by Gasteiger charge is 2.20. The zero-order valence-corrected chi connectivity index (χ0v) is 8.26. The van der Waals surface area contributed by atoms with Crippen molar-refractivity contribution in [3.05, 3.63) is 34.4 Å². The molecule has 0 radical (unpaired) electrons. The summed E-state index contributed by atoms with van der Waals surface area (Å²) in [5.74, 6) is -2.84. The summed E-state index contributed by atoms with van der Waals surface area (Å²) in [5.41, 5.74) is 5.09. The van der Waals surface area contributed by atoms with Gasteiger partial charge in [0.2, 0.25) is 0 Å². The molecule has 0 aliphatic heterocycles. The van der Waals surface area contributed by atoms with Gasteiger partial charge in [0.25, 0.3) is 0 Å². The largest absolute Gasteiger partial charge is 0.481 e. The van der Waals surface area contributed by atoms with Gasteiger partial charge in [0.05, 0.1) is 11.4 Å². The molecule has 3 N–H and O–H groups in total. The summed E-state index contributed by atoms with van der Waals surface area (Å²) in [5, 5.41) is 7.99. The first-order valence-corrected chi connectivity index (χ1v) is 4.42. The van der Waals surface area contributed by atoms with Crippen LogP contribution in [0.1, 0.15) is 18.0 Å². The summed E-state index contributed by atoms with van der Waals surface area (Å²) in [6.07, 6.45) is -0.514. The van der Waals surface area contributed by atoms with Crippen molar-refractivity contribution in [2.45, 2.75) is 12.5 Å². The van der Waals surface area contributed by atoms with Gasteiger partial charge in [-0.3, -0.25) is 4.79 Å². The van der Waals surface area contributed by atoms with E-state index in [0.717, 1.165) is 12.1 Å². The zero-order chi connectivity index (χ0) is 11.6. The van der Waals surface area contributed by atoms with Crippen LogP contribution in [0.4, 0.5) is 8.78 Å². The van der Waals surface area contributed by atoms with Crippen molar-refractivity contribution in [2.24, 2.45) is 5.73 Å². The standard InChI is InChI=1S/C9H8ClF2NO2/c10-9-5(12)2-1-4(11)8(9)6(13)3-7(14)15/h1-2,6H,3,13H2,(H,14,15). The summed E-state index contributed by atoms with van der Waals surface area (Å²) >= 11 is 5.49. The Bertz CT molecular complexity index is 398. The fraction of sp³-hybridized carbons (Fsp3) is 0.222. The minimum absolute atomic E-state index is 0.306. The smallest absolute Gasteiger partial charge is 0.305 e. The molecule has 0 saturated heterocycles. The molecule has 1 aromatic carbocycles. The molecule has 0 amide bonds. The number of carboxylic acids is 1. The minimum Gasteiger partial charge on any atom is -0.481 e. The Labute approximate surface area is 89.5 Å². The van der Waals surface area contributed by atoms with Gasteiger partial charge in [-0.05, 0) is 12.1 Å². The first-order chi connectivity index (χ1) is 6.93. The number of rotatable bonds is 3. The van der Waals surface area contributed by atoms with Gasteiger partial charge >= 0.3 is 5.97 Å². The monoisotopic (exact) mass is 235 g/mol. The van der Waals surface area contributed by atoms with Gasteiger partial charge < -0.3 is 10.8 Å². The Balaban J connectivity index is 3.12. The van der Waals surface area contributed by atoms with Gasteiger partial charge in [0.15, 0.2) is 0 Å². The highest BCUT2D eigenvalue weighted by molar-refractivity contribution is 6.31. The second kappa shape index (κ2) is 4.55. The van der Waals surface area contributed by atoms with E-state index in [1.54, 1.807) is 0 Å². The average molecular weight is 236 g/mol. The summed E-state index contributed by atoms with van der Waals surface area (Å²) in [4.78, 5) is 10.4. The fourth-order valence-electron chi connectivity index (χ4n) is 1.17. The molecule has 6 heteroatoms. The molecular formula is C9H8ClF2NO2. The lowest BCUT2D eigenvalue weighted by atomic mass is 10.0. The van der Waals surface area contributed by atoms with E-state index < -0.39 is 35.1 Å². The van der Waals surface area contributed by atoms with Crippen LogP contribution in [-0.4, -0.2) is 11.1 Å². The van der Waals surface area contributed by atoms with Gasteiger partial charge in [0, 0.05) is 11.6 Å². The third-order valence-corrected chi connectivity index (χ3v) is 2.23. The topological polar surface area (TPSA) is 63.3 Å². The lowest BCUT2D eigenvalue weighted by Gasteiger charge is -2.12. The van der Waals surface area contributed by atoms with E-state index in [2.05, 4.69) is 0 Å². The first-order valence-electron chi connectivity index (χ1n) is 4.04. The predicted octanol–water partition coefficient (Wildman–Crippen LogP) is 2.09. The van der Waals surface area contributed by atoms with Crippen molar-refractivity contribution < 1.29 is 18.7 Å². The highest BCUT2D eigenvalue weighted by atomic mass is 35.5. The van der Waals surface area contributed by atoms with Crippen molar-refractivity contribution in [2.75, 3.05) is 0 Å². The van der Waals surface area contributed by atoms with Crippen LogP contribution in [0.3, 0.4) is 0 Å². The molecule has 0 fully saturated rings. The van der Waals surface area contributed by atoms with Crippen molar-refractivity contribution in [3.8, 4) is 0 Å². The molecule has 0 aromatic heterocycles. The van der Waals surface area contributed by atoms with Crippen LogP contribution in [-0.2, 0) is 4.79 Å². The summed E-state index contributed by atoms with van der Waals surface area (Å²) in [7, 11) is 0. The fourth-order valence-corrected chi connectivity index (χ4v) is 1.47. The zero-order valence-electron chi connectivity index (χ0n) is 7.51. The Hall–Kier alpha value is -1.20. The molecule has 1 unspecified atom stereocenters. The molecule has 0 heterocycles. The van der Waals surface area contributed by atoms with Crippen LogP contribution in [0, 0.1) is 11.6 Å². The Morgan fingerprint density at radius 1 is 1.47 bits per heavy atom. The molecule has 1 atom stereocenters. The summed E-state index contributed by atoms with van der Waals surface area (Å²) < 4.78 is 26.2. The number of carboxylic acid groups (broad SMARTS) is 1. The summed E-state index contributed by atoms with van der Waals surface area (Å²) in [6, 6.07) is 0.554. The number of aliphatic carboxylic acids is 1. The van der Waals surface area contributed by atoms with Gasteiger partial charge in [-0.15, -0.1) is 0 Å². The third kappa shape index (κ3) is 2.64. The van der Waals surface area contributed by atoms with Gasteiger partial charge in [-0.25, -0.2) is 8.78 Å². The first kappa shape index (κ1) is 11.9. The molecule has 0 bridgehead atoms. The SMILES string of the molecule is NC(CC(=O)O)c1c(F)ccc(F)c1Cl. The molecule has 82 valence electrons. The van der Waals surface area contributed by atoms with Crippen LogP contribution < -0.4 is 5.73 Å². The molecule has 1 aromatic rings. The van der Waals surface area contributed by atoms with Gasteiger partial charge in [0.1, 0.15) is 11.6 Å². The quantitative estimate of drug-likeness (QED) is 0.789. The Morgan fingerprint density at radius 2 is 2.00 bits per heavy atom. The Morgan fingerprint density at radius 3 is 2.53 bits per heavy atom. The van der Waals surface area contributed by atoms with E-state index in [4.69, 9.17) is 22.4 Å². The van der Waals surface area contributed by atoms with E-state index >= 15 is 0 Å².